The van der Waals surface area contributed by atoms with Crippen molar-refractivity contribution in [1.29, 1.82) is 0 Å². The van der Waals surface area contributed by atoms with Crippen molar-refractivity contribution >= 4 is 0 Å². The van der Waals surface area contributed by atoms with Crippen molar-refractivity contribution in [1.82, 2.24) is 9.97 Å². The summed E-state index contributed by atoms with van der Waals surface area (Å²) in [6, 6.07) is 3.45. The van der Waals surface area contributed by atoms with Crippen LogP contribution >= 0.6 is 0 Å². The van der Waals surface area contributed by atoms with Gasteiger partial charge >= 0.3 is 0 Å². The molecule has 0 radical (unpaired) electrons. The lowest BCUT2D eigenvalue weighted by Crippen LogP contribution is -2.34. The number of halogens is 2. The van der Waals surface area contributed by atoms with E-state index in [-0.39, 0.29) is 5.56 Å². The second-order valence-corrected chi connectivity index (χ2v) is 4.94. The largest absolute Gasteiger partial charge is 0.340 e. The molecule has 1 heterocycles. The van der Waals surface area contributed by atoms with E-state index in [1.54, 1.807) is 0 Å². The van der Waals surface area contributed by atoms with Gasteiger partial charge in [-0.1, -0.05) is 13.3 Å². The lowest BCUT2D eigenvalue weighted by atomic mass is 9.97. The van der Waals surface area contributed by atoms with Crippen LogP contribution in [0, 0.1) is 11.6 Å². The molecule has 0 aliphatic rings. The SMILES string of the molecule is CCCC(C)(N)c1ncc(-c2ccc(F)cc2F)[nH]1. The molecule has 3 N–H and O–H groups in total. The van der Waals surface area contributed by atoms with Gasteiger partial charge in [0.15, 0.2) is 0 Å². The number of nitrogens with one attached hydrogen (secondary N) is 1. The van der Waals surface area contributed by atoms with E-state index in [0.717, 1.165) is 18.9 Å². The minimum Gasteiger partial charge on any atom is -0.340 e. The van der Waals surface area contributed by atoms with Crippen molar-refractivity contribution in [2.75, 3.05) is 0 Å². The standard InChI is InChI=1S/C14H17F2N3/c1-3-6-14(2,17)13-18-8-12(19-13)10-5-4-9(15)7-11(10)16/h4-5,7-8H,3,6,17H2,1-2H3,(H,18,19). The van der Waals surface area contributed by atoms with Crippen LogP contribution in [0.15, 0.2) is 24.4 Å². The summed E-state index contributed by atoms with van der Waals surface area (Å²) in [6.07, 6.45) is 3.21. The fourth-order valence-corrected chi connectivity index (χ4v) is 2.09. The molecule has 1 aromatic carbocycles. The van der Waals surface area contributed by atoms with Crippen LogP contribution in [-0.4, -0.2) is 9.97 Å². The molecule has 3 nitrogen and oxygen atoms in total. The average Bonchev–Trinajstić information content (AvgIpc) is 2.78. The van der Waals surface area contributed by atoms with E-state index in [0.29, 0.717) is 11.5 Å². The normalized spacial score (nSPS) is 14.4. The first-order valence-corrected chi connectivity index (χ1v) is 6.24. The Bertz CT molecular complexity index is 576. The van der Waals surface area contributed by atoms with Crippen LogP contribution in [0.25, 0.3) is 11.3 Å². The molecule has 1 atom stereocenters. The molecular formula is C14H17F2N3. The molecule has 0 saturated carbocycles. The number of hydrogen-bond acceptors (Lipinski definition) is 2. The minimum absolute atomic E-state index is 0.285. The highest BCUT2D eigenvalue weighted by Gasteiger charge is 2.24. The quantitative estimate of drug-likeness (QED) is 0.891. The van der Waals surface area contributed by atoms with Crippen molar-refractivity contribution in [3.63, 3.8) is 0 Å². The van der Waals surface area contributed by atoms with E-state index in [4.69, 9.17) is 5.73 Å². The van der Waals surface area contributed by atoms with Crippen LogP contribution in [0.2, 0.25) is 0 Å². The van der Waals surface area contributed by atoms with Crippen molar-refractivity contribution < 1.29 is 8.78 Å². The second-order valence-electron chi connectivity index (χ2n) is 4.94. The van der Waals surface area contributed by atoms with Crippen LogP contribution in [-0.2, 0) is 5.54 Å². The van der Waals surface area contributed by atoms with Gasteiger partial charge in [-0.15, -0.1) is 0 Å². The highest BCUT2D eigenvalue weighted by atomic mass is 19.1. The van der Waals surface area contributed by atoms with Gasteiger partial charge in [0, 0.05) is 11.6 Å². The molecular weight excluding hydrogens is 248 g/mol. The third kappa shape index (κ3) is 2.81. The zero-order chi connectivity index (χ0) is 14.0. The number of benzene rings is 1. The van der Waals surface area contributed by atoms with E-state index in [2.05, 4.69) is 9.97 Å². The third-order valence-electron chi connectivity index (χ3n) is 3.11. The molecule has 102 valence electrons. The average molecular weight is 265 g/mol. The Morgan fingerprint density at radius 3 is 2.74 bits per heavy atom. The van der Waals surface area contributed by atoms with Gasteiger partial charge in [0.2, 0.25) is 0 Å². The zero-order valence-corrected chi connectivity index (χ0v) is 11.0. The molecule has 0 fully saturated rings. The Morgan fingerprint density at radius 2 is 2.11 bits per heavy atom. The van der Waals surface area contributed by atoms with Gasteiger partial charge in [-0.25, -0.2) is 13.8 Å². The monoisotopic (exact) mass is 265 g/mol. The summed E-state index contributed by atoms with van der Waals surface area (Å²) in [7, 11) is 0. The Morgan fingerprint density at radius 1 is 1.37 bits per heavy atom. The van der Waals surface area contributed by atoms with Crippen LogP contribution in [0.1, 0.15) is 32.5 Å². The number of hydrogen-bond donors (Lipinski definition) is 2. The summed E-state index contributed by atoms with van der Waals surface area (Å²) < 4.78 is 26.5. The molecule has 0 aliphatic carbocycles. The molecule has 0 spiro atoms. The van der Waals surface area contributed by atoms with E-state index in [9.17, 15) is 8.78 Å². The Kier molecular flexibility index (Phi) is 3.66. The predicted molar refractivity (Wildman–Crippen MR) is 70.4 cm³/mol. The fourth-order valence-electron chi connectivity index (χ4n) is 2.09. The van der Waals surface area contributed by atoms with Gasteiger partial charge in [-0.3, -0.25) is 0 Å². The number of H-pyrrole nitrogens is 1. The van der Waals surface area contributed by atoms with E-state index in [1.165, 1.54) is 18.3 Å². The topological polar surface area (TPSA) is 54.7 Å². The maximum absolute atomic E-state index is 13.7. The Balaban J connectivity index is 2.35. The highest BCUT2D eigenvalue weighted by molar-refractivity contribution is 5.59. The zero-order valence-electron chi connectivity index (χ0n) is 11.0. The number of aromatic nitrogens is 2. The van der Waals surface area contributed by atoms with Gasteiger partial charge in [-0.05, 0) is 25.5 Å². The highest BCUT2D eigenvalue weighted by Crippen LogP contribution is 2.26. The number of aromatic amines is 1. The molecule has 0 amide bonds. The Labute approximate surface area is 110 Å². The molecule has 19 heavy (non-hydrogen) atoms. The number of nitrogens with two attached hydrogens (primary N) is 1. The van der Waals surface area contributed by atoms with Crippen LogP contribution < -0.4 is 5.73 Å². The molecule has 2 rings (SSSR count). The lowest BCUT2D eigenvalue weighted by Gasteiger charge is -2.21. The lowest BCUT2D eigenvalue weighted by molar-refractivity contribution is 0.423. The van der Waals surface area contributed by atoms with Crippen molar-refractivity contribution in [2.24, 2.45) is 5.73 Å². The molecule has 0 bridgehead atoms. The van der Waals surface area contributed by atoms with Crippen molar-refractivity contribution in [2.45, 2.75) is 32.2 Å². The smallest absolute Gasteiger partial charge is 0.135 e. The number of nitrogens with zero attached hydrogens (tertiary/aromatic N) is 1. The van der Waals surface area contributed by atoms with Gasteiger partial charge in [0.1, 0.15) is 17.5 Å². The van der Waals surface area contributed by atoms with Gasteiger partial charge in [0.05, 0.1) is 17.4 Å². The van der Waals surface area contributed by atoms with Gasteiger partial charge in [-0.2, -0.15) is 0 Å². The molecule has 0 saturated heterocycles. The minimum atomic E-state index is -0.621. The van der Waals surface area contributed by atoms with Crippen LogP contribution in [0.5, 0.6) is 0 Å². The summed E-state index contributed by atoms with van der Waals surface area (Å²) in [5.74, 6) is -0.617. The van der Waals surface area contributed by atoms with E-state index >= 15 is 0 Å². The van der Waals surface area contributed by atoms with Crippen molar-refractivity contribution in [3.8, 4) is 11.3 Å². The first-order valence-electron chi connectivity index (χ1n) is 6.24. The second kappa shape index (κ2) is 5.09. The van der Waals surface area contributed by atoms with Gasteiger partial charge < -0.3 is 10.7 Å². The molecule has 2 aromatic rings. The molecule has 1 aromatic heterocycles. The molecule has 5 heteroatoms. The van der Waals surface area contributed by atoms with Crippen LogP contribution in [0.4, 0.5) is 8.78 Å². The summed E-state index contributed by atoms with van der Waals surface area (Å²) in [6.45, 7) is 3.91. The van der Waals surface area contributed by atoms with Crippen molar-refractivity contribution in [3.05, 3.63) is 41.9 Å². The number of imidazole rings is 1. The van der Waals surface area contributed by atoms with Crippen LogP contribution in [0.3, 0.4) is 0 Å². The fraction of sp³-hybridized carbons (Fsp3) is 0.357. The maximum Gasteiger partial charge on any atom is 0.135 e. The summed E-state index contributed by atoms with van der Waals surface area (Å²) in [5.41, 5.74) is 6.36. The van der Waals surface area contributed by atoms with Gasteiger partial charge in [0.25, 0.3) is 0 Å². The summed E-state index contributed by atoms with van der Waals surface area (Å²) in [5, 5.41) is 0. The van der Waals surface area contributed by atoms with E-state index in [1.807, 2.05) is 13.8 Å². The summed E-state index contributed by atoms with van der Waals surface area (Å²) >= 11 is 0. The molecule has 1 unspecified atom stereocenters. The van der Waals surface area contributed by atoms with E-state index < -0.39 is 17.2 Å². The number of rotatable bonds is 4. The first-order chi connectivity index (χ1) is 8.94. The Hall–Kier alpha value is -1.75. The molecule has 0 aliphatic heterocycles. The third-order valence-corrected chi connectivity index (χ3v) is 3.11. The summed E-state index contributed by atoms with van der Waals surface area (Å²) in [4.78, 5) is 7.22. The predicted octanol–water partition coefficient (Wildman–Crippen LogP) is 3.33. The maximum atomic E-state index is 13.7. The first kappa shape index (κ1) is 13.7.